The van der Waals surface area contributed by atoms with Crippen molar-refractivity contribution < 1.29 is 5.11 Å². The molecule has 0 saturated heterocycles. The van der Waals surface area contributed by atoms with Crippen LogP contribution in [0.5, 0.6) is 0 Å². The summed E-state index contributed by atoms with van der Waals surface area (Å²) in [4.78, 5) is 0. The zero-order valence-corrected chi connectivity index (χ0v) is 5.56. The van der Waals surface area contributed by atoms with Crippen LogP contribution in [0.4, 0.5) is 0 Å². The van der Waals surface area contributed by atoms with E-state index in [0.717, 1.165) is 12.8 Å². The summed E-state index contributed by atoms with van der Waals surface area (Å²) in [6, 6.07) is 0. The van der Waals surface area contributed by atoms with E-state index >= 15 is 0 Å². The minimum atomic E-state index is 0.250. The summed E-state index contributed by atoms with van der Waals surface area (Å²) in [7, 11) is 0. The predicted octanol–water partition coefficient (Wildman–Crippen LogP) is 1.39. The molecule has 2 atom stereocenters. The maximum absolute atomic E-state index is 8.65. The van der Waals surface area contributed by atoms with Crippen molar-refractivity contribution in [3.63, 3.8) is 0 Å². The second-order valence-electron chi connectivity index (χ2n) is 2.39. The number of hydrogen-bond donors (Lipinski definition) is 1. The van der Waals surface area contributed by atoms with Crippen molar-refractivity contribution >= 4 is 11.6 Å². The van der Waals surface area contributed by atoms with Crippen molar-refractivity contribution in [1.82, 2.24) is 0 Å². The van der Waals surface area contributed by atoms with Crippen molar-refractivity contribution in [2.75, 3.05) is 6.61 Å². The molecule has 1 rings (SSSR count). The third-order valence-electron chi connectivity index (χ3n) is 1.80. The smallest absolute Gasteiger partial charge is 0.0473 e. The molecule has 1 fully saturated rings. The van der Waals surface area contributed by atoms with Gasteiger partial charge in [0.05, 0.1) is 0 Å². The molecule has 0 aliphatic heterocycles. The van der Waals surface area contributed by atoms with Crippen LogP contribution in [-0.4, -0.2) is 17.1 Å². The fourth-order valence-electron chi connectivity index (χ4n) is 1.20. The van der Waals surface area contributed by atoms with Gasteiger partial charge in [-0.2, -0.15) is 0 Å². The quantitative estimate of drug-likeness (QED) is 0.538. The van der Waals surface area contributed by atoms with Crippen molar-refractivity contribution in [1.29, 1.82) is 0 Å². The van der Waals surface area contributed by atoms with Crippen molar-refractivity contribution in [3.05, 3.63) is 0 Å². The van der Waals surface area contributed by atoms with Gasteiger partial charge in [-0.1, -0.05) is 6.42 Å². The van der Waals surface area contributed by atoms with E-state index in [1.165, 1.54) is 6.42 Å². The Morgan fingerprint density at radius 2 is 2.25 bits per heavy atom. The highest BCUT2D eigenvalue weighted by Crippen LogP contribution is 2.29. The van der Waals surface area contributed by atoms with Crippen LogP contribution < -0.4 is 0 Å². The monoisotopic (exact) mass is 134 g/mol. The highest BCUT2D eigenvalue weighted by molar-refractivity contribution is 6.20. The summed E-state index contributed by atoms with van der Waals surface area (Å²) in [5.41, 5.74) is 0. The fraction of sp³-hybridized carbons (Fsp3) is 1.00. The number of hydrogen-bond acceptors (Lipinski definition) is 1. The molecule has 0 aromatic carbocycles. The third kappa shape index (κ3) is 1.15. The zero-order valence-electron chi connectivity index (χ0n) is 4.81. The molecular formula is C6H11ClO. The number of rotatable bonds is 1. The molecule has 8 heavy (non-hydrogen) atoms. The maximum atomic E-state index is 8.65. The average molecular weight is 135 g/mol. The Bertz CT molecular complexity index is 74.9. The molecule has 2 unspecified atom stereocenters. The van der Waals surface area contributed by atoms with Crippen LogP contribution in [0.25, 0.3) is 0 Å². The predicted molar refractivity (Wildman–Crippen MR) is 34.1 cm³/mol. The minimum absolute atomic E-state index is 0.250. The number of aliphatic hydroxyl groups excluding tert-OH is 1. The van der Waals surface area contributed by atoms with Crippen LogP contribution in [-0.2, 0) is 0 Å². The van der Waals surface area contributed by atoms with E-state index in [4.69, 9.17) is 16.7 Å². The van der Waals surface area contributed by atoms with E-state index < -0.39 is 0 Å². The molecule has 1 aliphatic rings. The van der Waals surface area contributed by atoms with E-state index in [2.05, 4.69) is 0 Å². The third-order valence-corrected chi connectivity index (χ3v) is 2.38. The molecule has 0 heterocycles. The number of halogens is 1. The van der Waals surface area contributed by atoms with Crippen LogP contribution in [0.1, 0.15) is 19.3 Å². The average Bonchev–Trinajstić information content (AvgIpc) is 2.14. The van der Waals surface area contributed by atoms with Gasteiger partial charge >= 0.3 is 0 Å². The van der Waals surface area contributed by atoms with Gasteiger partial charge in [-0.25, -0.2) is 0 Å². The van der Waals surface area contributed by atoms with E-state index in [0.29, 0.717) is 5.92 Å². The molecular weight excluding hydrogens is 124 g/mol. The topological polar surface area (TPSA) is 20.2 Å². The lowest BCUT2D eigenvalue weighted by Gasteiger charge is -2.07. The van der Waals surface area contributed by atoms with E-state index in [1.807, 2.05) is 0 Å². The van der Waals surface area contributed by atoms with Crippen LogP contribution in [0.2, 0.25) is 0 Å². The van der Waals surface area contributed by atoms with Gasteiger partial charge in [0.2, 0.25) is 0 Å². The second-order valence-corrected chi connectivity index (χ2v) is 2.95. The lowest BCUT2D eigenvalue weighted by molar-refractivity contribution is 0.232. The zero-order chi connectivity index (χ0) is 5.98. The normalized spacial score (nSPS) is 38.2. The molecule has 1 saturated carbocycles. The summed E-state index contributed by atoms with van der Waals surface area (Å²) in [6.07, 6.45) is 3.40. The Kier molecular flexibility index (Phi) is 2.15. The molecule has 0 amide bonds. The fourth-order valence-corrected chi connectivity index (χ4v) is 1.56. The summed E-state index contributed by atoms with van der Waals surface area (Å²) >= 11 is 5.82. The lowest BCUT2D eigenvalue weighted by Crippen LogP contribution is -2.10. The van der Waals surface area contributed by atoms with Gasteiger partial charge in [0.1, 0.15) is 0 Å². The van der Waals surface area contributed by atoms with Gasteiger partial charge in [-0.3, -0.25) is 0 Å². The molecule has 48 valence electrons. The lowest BCUT2D eigenvalue weighted by atomic mass is 10.1. The standard InChI is InChI=1S/C6H11ClO/c7-6-3-1-2-5(6)4-8/h5-6,8H,1-4H2. The molecule has 1 N–H and O–H groups in total. The van der Waals surface area contributed by atoms with Gasteiger partial charge in [0.15, 0.2) is 0 Å². The Balaban J connectivity index is 2.30. The van der Waals surface area contributed by atoms with Gasteiger partial charge in [-0.15, -0.1) is 11.6 Å². The van der Waals surface area contributed by atoms with Crippen LogP contribution in [0.15, 0.2) is 0 Å². The van der Waals surface area contributed by atoms with Gasteiger partial charge < -0.3 is 5.11 Å². The second kappa shape index (κ2) is 2.70. The molecule has 0 aromatic rings. The van der Waals surface area contributed by atoms with E-state index in [-0.39, 0.29) is 12.0 Å². The first-order valence-corrected chi connectivity index (χ1v) is 3.53. The summed E-state index contributed by atoms with van der Waals surface area (Å²) < 4.78 is 0. The van der Waals surface area contributed by atoms with Gasteiger partial charge in [0, 0.05) is 12.0 Å². The first kappa shape index (κ1) is 6.37. The molecule has 0 bridgehead atoms. The van der Waals surface area contributed by atoms with Crippen LogP contribution in [0, 0.1) is 5.92 Å². The maximum Gasteiger partial charge on any atom is 0.0473 e. The van der Waals surface area contributed by atoms with E-state index in [1.54, 1.807) is 0 Å². The SMILES string of the molecule is OCC1CCCC1Cl. The van der Waals surface area contributed by atoms with Gasteiger partial charge in [-0.05, 0) is 18.8 Å². The number of aliphatic hydroxyl groups is 1. The molecule has 2 heteroatoms. The summed E-state index contributed by atoms with van der Waals surface area (Å²) in [5.74, 6) is 0.386. The Morgan fingerprint density at radius 3 is 2.50 bits per heavy atom. The van der Waals surface area contributed by atoms with Crippen LogP contribution in [0.3, 0.4) is 0 Å². The Morgan fingerprint density at radius 1 is 1.50 bits per heavy atom. The first-order valence-electron chi connectivity index (χ1n) is 3.09. The van der Waals surface area contributed by atoms with Crippen LogP contribution >= 0.6 is 11.6 Å². The first-order chi connectivity index (χ1) is 3.84. The minimum Gasteiger partial charge on any atom is -0.396 e. The highest BCUT2D eigenvalue weighted by Gasteiger charge is 2.23. The largest absolute Gasteiger partial charge is 0.396 e. The molecule has 1 aliphatic carbocycles. The molecule has 0 aromatic heterocycles. The Hall–Kier alpha value is 0.250. The van der Waals surface area contributed by atoms with Crippen molar-refractivity contribution in [2.24, 2.45) is 5.92 Å². The molecule has 0 spiro atoms. The molecule has 1 nitrogen and oxygen atoms in total. The summed E-state index contributed by atoms with van der Waals surface area (Å²) in [5, 5.41) is 8.90. The van der Waals surface area contributed by atoms with Crippen molar-refractivity contribution in [3.8, 4) is 0 Å². The van der Waals surface area contributed by atoms with Gasteiger partial charge in [0.25, 0.3) is 0 Å². The highest BCUT2D eigenvalue weighted by atomic mass is 35.5. The Labute approximate surface area is 54.7 Å². The summed E-state index contributed by atoms with van der Waals surface area (Å²) in [6.45, 7) is 0.272. The van der Waals surface area contributed by atoms with Crippen molar-refractivity contribution in [2.45, 2.75) is 24.6 Å². The number of alkyl halides is 1. The molecule has 0 radical (unpaired) electrons. The van der Waals surface area contributed by atoms with E-state index in [9.17, 15) is 0 Å².